The number of anilines is 1. The summed E-state index contributed by atoms with van der Waals surface area (Å²) in [7, 11) is 0. The summed E-state index contributed by atoms with van der Waals surface area (Å²) >= 11 is 3.40. The molecule has 0 radical (unpaired) electrons. The molecular formula is C13H9BrN4O. The topological polar surface area (TPSA) is 77.8 Å². The second kappa shape index (κ2) is 4.81. The van der Waals surface area contributed by atoms with Crippen molar-refractivity contribution in [2.75, 3.05) is 5.73 Å². The lowest BCUT2D eigenvalue weighted by molar-refractivity contribution is 0.439. The average molecular weight is 317 g/mol. The summed E-state index contributed by atoms with van der Waals surface area (Å²) in [5, 5.41) is 4.02. The normalized spacial score (nSPS) is 10.6. The maximum absolute atomic E-state index is 5.84. The van der Waals surface area contributed by atoms with Gasteiger partial charge in [-0.3, -0.25) is 0 Å². The van der Waals surface area contributed by atoms with Gasteiger partial charge in [0.1, 0.15) is 12.0 Å². The molecule has 0 unspecified atom stereocenters. The molecule has 0 atom stereocenters. The van der Waals surface area contributed by atoms with Gasteiger partial charge in [0.05, 0.1) is 11.3 Å². The summed E-state index contributed by atoms with van der Waals surface area (Å²) in [5.41, 5.74) is 8.80. The van der Waals surface area contributed by atoms with E-state index in [1.54, 1.807) is 12.3 Å². The first-order chi connectivity index (χ1) is 9.25. The first-order valence-corrected chi connectivity index (χ1v) is 6.32. The lowest BCUT2D eigenvalue weighted by atomic mass is 10.1. The van der Waals surface area contributed by atoms with Crippen LogP contribution in [0.5, 0.6) is 0 Å². The van der Waals surface area contributed by atoms with Crippen LogP contribution in [0.2, 0.25) is 0 Å². The number of nitrogens with zero attached hydrogens (tertiary/aromatic N) is 3. The Morgan fingerprint density at radius 1 is 1.11 bits per heavy atom. The molecule has 0 spiro atoms. The van der Waals surface area contributed by atoms with Gasteiger partial charge in [-0.2, -0.15) is 0 Å². The van der Waals surface area contributed by atoms with Crippen LogP contribution in [0.15, 0.2) is 51.9 Å². The number of halogens is 1. The van der Waals surface area contributed by atoms with E-state index in [0.29, 0.717) is 17.0 Å². The van der Waals surface area contributed by atoms with Gasteiger partial charge in [0.25, 0.3) is 0 Å². The van der Waals surface area contributed by atoms with Crippen molar-refractivity contribution in [1.82, 2.24) is 15.1 Å². The van der Waals surface area contributed by atoms with E-state index in [1.165, 1.54) is 6.33 Å². The third-order valence-electron chi connectivity index (χ3n) is 2.67. The van der Waals surface area contributed by atoms with E-state index < -0.39 is 0 Å². The van der Waals surface area contributed by atoms with Gasteiger partial charge in [-0.1, -0.05) is 33.2 Å². The molecule has 0 aliphatic carbocycles. The molecule has 2 N–H and O–H groups in total. The smallest absolute Gasteiger partial charge is 0.232 e. The number of aromatic nitrogens is 3. The highest BCUT2D eigenvalue weighted by Crippen LogP contribution is 2.35. The van der Waals surface area contributed by atoms with E-state index in [9.17, 15) is 0 Å². The van der Waals surface area contributed by atoms with Gasteiger partial charge in [0.15, 0.2) is 0 Å². The number of benzene rings is 1. The Morgan fingerprint density at radius 2 is 1.89 bits per heavy atom. The lowest BCUT2D eigenvalue weighted by Gasteiger charge is -2.01. The van der Waals surface area contributed by atoms with E-state index in [2.05, 4.69) is 31.1 Å². The van der Waals surface area contributed by atoms with Crippen molar-refractivity contribution in [3.63, 3.8) is 0 Å². The second-order valence-corrected chi connectivity index (χ2v) is 4.79. The Balaban J connectivity index is 2.16. The zero-order chi connectivity index (χ0) is 13.2. The highest BCUT2D eigenvalue weighted by molar-refractivity contribution is 9.10. The minimum Gasteiger partial charge on any atom is -0.367 e. The summed E-state index contributed by atoms with van der Waals surface area (Å²) < 4.78 is 6.09. The molecule has 2 aromatic heterocycles. The molecule has 0 bridgehead atoms. The Morgan fingerprint density at radius 3 is 2.58 bits per heavy atom. The van der Waals surface area contributed by atoms with E-state index in [0.717, 1.165) is 10.0 Å². The first-order valence-electron chi connectivity index (χ1n) is 5.53. The fraction of sp³-hybridized carbons (Fsp3) is 0. The number of nitrogens with two attached hydrogens (primary N) is 1. The Bertz CT molecular complexity index is 694. The van der Waals surface area contributed by atoms with E-state index in [-0.39, 0.29) is 5.88 Å². The molecule has 2 heterocycles. The predicted molar refractivity (Wildman–Crippen MR) is 75.1 cm³/mol. The molecular weight excluding hydrogens is 308 g/mol. The van der Waals surface area contributed by atoms with Gasteiger partial charge in [-0.15, -0.1) is 0 Å². The van der Waals surface area contributed by atoms with Gasteiger partial charge in [0.2, 0.25) is 5.88 Å². The molecule has 0 fully saturated rings. The molecule has 3 rings (SSSR count). The van der Waals surface area contributed by atoms with E-state index >= 15 is 0 Å². The van der Waals surface area contributed by atoms with Crippen molar-refractivity contribution in [3.8, 4) is 22.5 Å². The van der Waals surface area contributed by atoms with Gasteiger partial charge in [0, 0.05) is 16.2 Å². The van der Waals surface area contributed by atoms with Crippen molar-refractivity contribution in [2.45, 2.75) is 0 Å². The summed E-state index contributed by atoms with van der Waals surface area (Å²) in [6.07, 6.45) is 3.12. The molecule has 0 amide bonds. The van der Waals surface area contributed by atoms with Gasteiger partial charge in [-0.05, 0) is 18.2 Å². The molecule has 94 valence electrons. The molecule has 0 saturated heterocycles. The lowest BCUT2D eigenvalue weighted by Crippen LogP contribution is -1.90. The van der Waals surface area contributed by atoms with Crippen LogP contribution in [0.4, 0.5) is 5.88 Å². The van der Waals surface area contributed by atoms with Crippen molar-refractivity contribution in [1.29, 1.82) is 0 Å². The van der Waals surface area contributed by atoms with Gasteiger partial charge >= 0.3 is 0 Å². The molecule has 0 aliphatic heterocycles. The third-order valence-corrected chi connectivity index (χ3v) is 3.20. The summed E-state index contributed by atoms with van der Waals surface area (Å²) in [6, 6.07) is 9.51. The van der Waals surface area contributed by atoms with Crippen LogP contribution in [-0.2, 0) is 0 Å². The summed E-state index contributed by atoms with van der Waals surface area (Å²) in [4.78, 5) is 8.08. The number of rotatable bonds is 2. The monoisotopic (exact) mass is 316 g/mol. The largest absolute Gasteiger partial charge is 0.367 e. The summed E-state index contributed by atoms with van der Waals surface area (Å²) in [6.45, 7) is 0. The van der Waals surface area contributed by atoms with Crippen LogP contribution >= 0.6 is 15.9 Å². The highest BCUT2D eigenvalue weighted by atomic mass is 79.9. The van der Waals surface area contributed by atoms with Crippen LogP contribution in [-0.4, -0.2) is 15.1 Å². The maximum Gasteiger partial charge on any atom is 0.232 e. The van der Waals surface area contributed by atoms with Crippen molar-refractivity contribution in [3.05, 3.63) is 47.3 Å². The Hall–Kier alpha value is -2.21. The SMILES string of the molecule is Nc1onc(-c2ccc(Br)cc2)c1-c1ccncn1. The highest BCUT2D eigenvalue weighted by Gasteiger charge is 2.18. The molecule has 0 aliphatic rings. The summed E-state index contributed by atoms with van der Waals surface area (Å²) in [5.74, 6) is 0.247. The third kappa shape index (κ3) is 2.22. The molecule has 6 heteroatoms. The van der Waals surface area contributed by atoms with Crippen molar-refractivity contribution < 1.29 is 4.52 Å². The van der Waals surface area contributed by atoms with Crippen LogP contribution in [0.3, 0.4) is 0 Å². The Labute approximate surface area is 117 Å². The molecule has 0 saturated carbocycles. The zero-order valence-electron chi connectivity index (χ0n) is 9.75. The first kappa shape index (κ1) is 11.9. The van der Waals surface area contributed by atoms with E-state index in [1.807, 2.05) is 24.3 Å². The minimum atomic E-state index is 0.247. The van der Waals surface area contributed by atoms with Crippen molar-refractivity contribution in [2.24, 2.45) is 0 Å². The maximum atomic E-state index is 5.84. The minimum absolute atomic E-state index is 0.247. The Kier molecular flexibility index (Phi) is 3.00. The van der Waals surface area contributed by atoms with Crippen LogP contribution < -0.4 is 5.73 Å². The second-order valence-electron chi connectivity index (χ2n) is 3.87. The van der Waals surface area contributed by atoms with Crippen molar-refractivity contribution >= 4 is 21.8 Å². The quantitative estimate of drug-likeness (QED) is 0.785. The number of hydrogen-bond donors (Lipinski definition) is 1. The number of nitrogen functional groups attached to an aromatic ring is 1. The van der Waals surface area contributed by atoms with Gasteiger partial charge in [-0.25, -0.2) is 9.97 Å². The fourth-order valence-electron chi connectivity index (χ4n) is 1.79. The standard InChI is InChI=1S/C13H9BrN4O/c14-9-3-1-8(2-4-9)12-11(13(15)19-18-12)10-5-6-16-7-17-10/h1-7H,15H2. The molecule has 19 heavy (non-hydrogen) atoms. The molecule has 3 aromatic rings. The van der Waals surface area contributed by atoms with Gasteiger partial charge < -0.3 is 10.3 Å². The molecule has 1 aromatic carbocycles. The average Bonchev–Trinajstić information content (AvgIpc) is 2.82. The van der Waals surface area contributed by atoms with Crippen LogP contribution in [0.1, 0.15) is 0 Å². The van der Waals surface area contributed by atoms with E-state index in [4.69, 9.17) is 10.3 Å². The predicted octanol–water partition coefficient (Wildman–Crippen LogP) is 3.14. The zero-order valence-corrected chi connectivity index (χ0v) is 11.3. The number of hydrogen-bond acceptors (Lipinski definition) is 5. The van der Waals surface area contributed by atoms with Crippen LogP contribution in [0, 0.1) is 0 Å². The van der Waals surface area contributed by atoms with Crippen LogP contribution in [0.25, 0.3) is 22.5 Å². The fourth-order valence-corrected chi connectivity index (χ4v) is 2.06. The molecule has 5 nitrogen and oxygen atoms in total.